The molecule has 1 aliphatic rings. The number of rotatable bonds is 3. The third-order valence-electron chi connectivity index (χ3n) is 3.01. The Labute approximate surface area is 78.9 Å². The van der Waals surface area contributed by atoms with Gasteiger partial charge < -0.3 is 5.32 Å². The van der Waals surface area contributed by atoms with Crippen molar-refractivity contribution in [2.24, 2.45) is 5.92 Å². The first kappa shape index (κ1) is 10.9. The smallest absolute Gasteiger partial charge is 0.253 e. The molecule has 1 rings (SSSR count). The molecule has 0 aromatic heterocycles. The summed E-state index contributed by atoms with van der Waals surface area (Å²) in [5.74, 6) is 0.187. The Kier molecular flexibility index (Phi) is 4.64. The van der Waals surface area contributed by atoms with Gasteiger partial charge in [0.25, 0.3) is 6.43 Å². The van der Waals surface area contributed by atoms with Crippen LogP contribution in [0.5, 0.6) is 0 Å². The molecule has 1 atom stereocenters. The first-order valence-electron chi connectivity index (χ1n) is 5.21. The van der Waals surface area contributed by atoms with Crippen molar-refractivity contribution in [2.45, 2.75) is 51.0 Å². The summed E-state index contributed by atoms with van der Waals surface area (Å²) in [6, 6.07) is -0.585. The molecule has 0 amide bonds. The molecule has 0 saturated heterocycles. The molecule has 1 nitrogen and oxygen atoms in total. The summed E-state index contributed by atoms with van der Waals surface area (Å²) >= 11 is 0. The molecule has 0 aromatic rings. The zero-order valence-electron chi connectivity index (χ0n) is 8.23. The van der Waals surface area contributed by atoms with Crippen molar-refractivity contribution in [2.75, 3.05) is 7.05 Å². The van der Waals surface area contributed by atoms with E-state index in [0.29, 0.717) is 0 Å². The van der Waals surface area contributed by atoms with Gasteiger partial charge in [0.2, 0.25) is 0 Å². The summed E-state index contributed by atoms with van der Waals surface area (Å²) in [7, 11) is 1.64. The van der Waals surface area contributed by atoms with E-state index in [1.54, 1.807) is 7.05 Å². The summed E-state index contributed by atoms with van der Waals surface area (Å²) in [6.45, 7) is 0. The van der Waals surface area contributed by atoms with E-state index in [1.807, 2.05) is 0 Å². The van der Waals surface area contributed by atoms with E-state index in [0.717, 1.165) is 25.7 Å². The van der Waals surface area contributed by atoms with Gasteiger partial charge in [-0.15, -0.1) is 0 Å². The fourth-order valence-electron chi connectivity index (χ4n) is 2.24. The van der Waals surface area contributed by atoms with Crippen molar-refractivity contribution in [3.63, 3.8) is 0 Å². The van der Waals surface area contributed by atoms with E-state index in [1.165, 1.54) is 12.8 Å². The maximum atomic E-state index is 12.6. The van der Waals surface area contributed by atoms with Gasteiger partial charge in [-0.25, -0.2) is 8.78 Å². The number of halogens is 2. The van der Waals surface area contributed by atoms with Crippen LogP contribution in [0.3, 0.4) is 0 Å². The van der Waals surface area contributed by atoms with Gasteiger partial charge in [-0.3, -0.25) is 0 Å². The van der Waals surface area contributed by atoms with E-state index < -0.39 is 12.5 Å². The van der Waals surface area contributed by atoms with Gasteiger partial charge in [-0.2, -0.15) is 0 Å². The normalized spacial score (nSPS) is 23.1. The summed E-state index contributed by atoms with van der Waals surface area (Å²) in [5, 5.41) is 2.75. The largest absolute Gasteiger partial charge is 0.312 e. The quantitative estimate of drug-likeness (QED) is 0.676. The maximum absolute atomic E-state index is 12.6. The van der Waals surface area contributed by atoms with Gasteiger partial charge in [-0.05, 0) is 25.8 Å². The lowest BCUT2D eigenvalue weighted by molar-refractivity contribution is 0.0683. The second-order valence-corrected chi connectivity index (χ2v) is 3.90. The van der Waals surface area contributed by atoms with Crippen molar-refractivity contribution in [3.8, 4) is 0 Å². The number of nitrogens with one attached hydrogen (secondary N) is 1. The average Bonchev–Trinajstić information content (AvgIpc) is 2.33. The zero-order chi connectivity index (χ0) is 9.68. The van der Waals surface area contributed by atoms with Gasteiger partial charge >= 0.3 is 0 Å². The van der Waals surface area contributed by atoms with E-state index in [9.17, 15) is 8.78 Å². The third kappa shape index (κ3) is 3.22. The monoisotopic (exact) mass is 191 g/mol. The molecule has 0 radical (unpaired) electrons. The molecule has 0 bridgehead atoms. The molecule has 78 valence electrons. The highest BCUT2D eigenvalue weighted by molar-refractivity contribution is 4.79. The number of alkyl halides is 2. The van der Waals surface area contributed by atoms with Crippen molar-refractivity contribution >= 4 is 0 Å². The first-order valence-corrected chi connectivity index (χ1v) is 5.21. The SMILES string of the molecule is CNC(C(F)F)C1CCCCCC1. The molecule has 13 heavy (non-hydrogen) atoms. The second-order valence-electron chi connectivity index (χ2n) is 3.90. The minimum Gasteiger partial charge on any atom is -0.312 e. The van der Waals surface area contributed by atoms with Gasteiger partial charge in [0, 0.05) is 0 Å². The molecule has 0 spiro atoms. The van der Waals surface area contributed by atoms with E-state index in [-0.39, 0.29) is 5.92 Å². The van der Waals surface area contributed by atoms with Crippen LogP contribution >= 0.6 is 0 Å². The number of hydrogen-bond acceptors (Lipinski definition) is 1. The fraction of sp³-hybridized carbons (Fsp3) is 1.00. The van der Waals surface area contributed by atoms with Crippen LogP contribution in [-0.4, -0.2) is 19.5 Å². The Hall–Kier alpha value is -0.180. The maximum Gasteiger partial charge on any atom is 0.253 e. The van der Waals surface area contributed by atoms with Gasteiger partial charge in [0.15, 0.2) is 0 Å². The molecule has 1 N–H and O–H groups in total. The third-order valence-corrected chi connectivity index (χ3v) is 3.01. The highest BCUT2D eigenvalue weighted by Crippen LogP contribution is 2.27. The van der Waals surface area contributed by atoms with Crippen LogP contribution < -0.4 is 5.32 Å². The molecule has 1 fully saturated rings. The lowest BCUT2D eigenvalue weighted by Crippen LogP contribution is -2.39. The Bertz CT molecular complexity index is 131. The molecule has 0 aliphatic heterocycles. The Morgan fingerprint density at radius 3 is 2.00 bits per heavy atom. The van der Waals surface area contributed by atoms with Crippen LogP contribution in [0.4, 0.5) is 8.78 Å². The van der Waals surface area contributed by atoms with Crippen LogP contribution in [0.2, 0.25) is 0 Å². The van der Waals surface area contributed by atoms with Crippen LogP contribution in [0.1, 0.15) is 38.5 Å². The summed E-state index contributed by atoms with van der Waals surface area (Å²) in [6.07, 6.45) is 4.40. The summed E-state index contributed by atoms with van der Waals surface area (Å²) < 4.78 is 25.1. The van der Waals surface area contributed by atoms with Crippen LogP contribution in [0, 0.1) is 5.92 Å². The number of hydrogen-bond donors (Lipinski definition) is 1. The molecular formula is C10H19F2N. The lowest BCUT2D eigenvalue weighted by Gasteiger charge is -2.24. The predicted molar refractivity (Wildman–Crippen MR) is 50.0 cm³/mol. The standard InChI is InChI=1S/C10H19F2N/c1-13-9(10(11)12)8-6-4-2-3-5-7-8/h8-10,13H,2-7H2,1H3. The van der Waals surface area contributed by atoms with Crippen molar-refractivity contribution < 1.29 is 8.78 Å². The van der Waals surface area contributed by atoms with Crippen LogP contribution in [-0.2, 0) is 0 Å². The van der Waals surface area contributed by atoms with Gasteiger partial charge in [-0.1, -0.05) is 25.7 Å². The van der Waals surface area contributed by atoms with E-state index in [2.05, 4.69) is 5.32 Å². The zero-order valence-corrected chi connectivity index (χ0v) is 8.23. The summed E-state index contributed by atoms with van der Waals surface area (Å²) in [5.41, 5.74) is 0. The fourth-order valence-corrected chi connectivity index (χ4v) is 2.24. The van der Waals surface area contributed by atoms with E-state index >= 15 is 0 Å². The van der Waals surface area contributed by atoms with Crippen molar-refractivity contribution in [3.05, 3.63) is 0 Å². The second kappa shape index (κ2) is 5.53. The molecular weight excluding hydrogens is 172 g/mol. The summed E-state index contributed by atoms with van der Waals surface area (Å²) in [4.78, 5) is 0. The highest BCUT2D eigenvalue weighted by Gasteiger charge is 2.28. The van der Waals surface area contributed by atoms with E-state index in [4.69, 9.17) is 0 Å². The molecule has 1 unspecified atom stereocenters. The molecule has 3 heteroatoms. The minimum atomic E-state index is -2.21. The highest BCUT2D eigenvalue weighted by atomic mass is 19.3. The Morgan fingerprint density at radius 2 is 1.62 bits per heavy atom. The average molecular weight is 191 g/mol. The lowest BCUT2D eigenvalue weighted by atomic mass is 9.92. The predicted octanol–water partition coefficient (Wildman–Crippen LogP) is 2.81. The van der Waals surface area contributed by atoms with Crippen molar-refractivity contribution in [1.82, 2.24) is 5.32 Å². The van der Waals surface area contributed by atoms with Gasteiger partial charge in [0.1, 0.15) is 0 Å². The van der Waals surface area contributed by atoms with Crippen LogP contribution in [0.15, 0.2) is 0 Å². The molecule has 1 aliphatic carbocycles. The topological polar surface area (TPSA) is 12.0 Å². The molecule has 0 aromatic carbocycles. The first-order chi connectivity index (χ1) is 6.25. The molecule has 0 heterocycles. The Balaban J connectivity index is 2.45. The molecule has 1 saturated carbocycles. The van der Waals surface area contributed by atoms with Crippen molar-refractivity contribution in [1.29, 1.82) is 0 Å². The minimum absolute atomic E-state index is 0.187. The van der Waals surface area contributed by atoms with Crippen LogP contribution in [0.25, 0.3) is 0 Å². The van der Waals surface area contributed by atoms with Gasteiger partial charge in [0.05, 0.1) is 6.04 Å². The Morgan fingerprint density at radius 1 is 1.08 bits per heavy atom.